The molecule has 2 aliphatic rings. The topological polar surface area (TPSA) is 47.3 Å². The van der Waals surface area contributed by atoms with Crippen LogP contribution >= 0.6 is 0 Å². The van der Waals surface area contributed by atoms with Crippen LogP contribution in [0.15, 0.2) is 0 Å². The number of amides is 1. The molecule has 2 heterocycles. The van der Waals surface area contributed by atoms with Crippen LogP contribution in [-0.4, -0.2) is 47.9 Å². The van der Waals surface area contributed by atoms with Gasteiger partial charge in [0.1, 0.15) is 0 Å². The third-order valence-corrected chi connectivity index (χ3v) is 3.65. The second-order valence-corrected chi connectivity index (χ2v) is 5.67. The van der Waals surface area contributed by atoms with Crippen molar-refractivity contribution in [2.24, 2.45) is 11.8 Å². The van der Waals surface area contributed by atoms with Gasteiger partial charge in [-0.15, -0.1) is 0 Å². The molecule has 4 heteroatoms. The van der Waals surface area contributed by atoms with Gasteiger partial charge in [-0.05, 0) is 12.3 Å². The van der Waals surface area contributed by atoms with E-state index in [1.807, 2.05) is 4.90 Å². The van der Waals surface area contributed by atoms with E-state index >= 15 is 0 Å². The Bertz CT molecular complexity index is 334. The third kappa shape index (κ3) is 2.78. The van der Waals surface area contributed by atoms with Crippen LogP contribution < -0.4 is 0 Å². The molecule has 2 unspecified atom stereocenters. The Kier molecular flexibility index (Phi) is 3.68. The van der Waals surface area contributed by atoms with E-state index in [-0.39, 0.29) is 11.8 Å². The number of rotatable bonds is 3. The predicted octanol–water partition coefficient (Wildman–Crippen LogP) is 1.09. The number of carbonyl (C=O) groups excluding carboxylic acids is 1. The lowest BCUT2D eigenvalue weighted by molar-refractivity contribution is -0.129. The summed E-state index contributed by atoms with van der Waals surface area (Å²) in [7, 11) is 0. The predicted molar refractivity (Wildman–Crippen MR) is 65.1 cm³/mol. The fraction of sp³-hybridized carbons (Fsp3) is 0.846. The lowest BCUT2D eigenvalue weighted by atomic mass is 10.1. The van der Waals surface area contributed by atoms with Gasteiger partial charge in [-0.2, -0.15) is 5.26 Å². The molecule has 0 aliphatic carbocycles. The van der Waals surface area contributed by atoms with Crippen molar-refractivity contribution in [3.05, 3.63) is 0 Å². The average Bonchev–Trinajstić information content (AvgIpc) is 2.83. The van der Waals surface area contributed by atoms with Crippen LogP contribution in [0, 0.1) is 23.2 Å². The van der Waals surface area contributed by atoms with Crippen LogP contribution in [0.25, 0.3) is 0 Å². The molecule has 2 rings (SSSR count). The van der Waals surface area contributed by atoms with E-state index < -0.39 is 0 Å². The summed E-state index contributed by atoms with van der Waals surface area (Å²) in [6.45, 7) is 8.28. The molecule has 2 saturated heterocycles. The van der Waals surface area contributed by atoms with Gasteiger partial charge in [0.25, 0.3) is 0 Å². The smallest absolute Gasteiger partial charge is 0.224 e. The molecule has 0 saturated carbocycles. The SMILES string of the molecule is CC(C)CN1CCC(N2CC(C#N)CC2=O)C1. The average molecular weight is 235 g/mol. The van der Waals surface area contributed by atoms with Crippen LogP contribution in [0.2, 0.25) is 0 Å². The molecule has 2 fully saturated rings. The van der Waals surface area contributed by atoms with Gasteiger partial charge in [0, 0.05) is 38.6 Å². The zero-order valence-electron chi connectivity index (χ0n) is 10.7. The summed E-state index contributed by atoms with van der Waals surface area (Å²) in [4.78, 5) is 16.2. The zero-order valence-corrected chi connectivity index (χ0v) is 10.7. The fourth-order valence-corrected chi connectivity index (χ4v) is 2.92. The van der Waals surface area contributed by atoms with Crippen molar-refractivity contribution in [1.82, 2.24) is 9.80 Å². The maximum Gasteiger partial charge on any atom is 0.224 e. The van der Waals surface area contributed by atoms with E-state index in [0.29, 0.717) is 24.9 Å². The Labute approximate surface area is 103 Å². The summed E-state index contributed by atoms with van der Waals surface area (Å²) < 4.78 is 0. The van der Waals surface area contributed by atoms with Gasteiger partial charge in [0.2, 0.25) is 5.91 Å². The molecule has 0 N–H and O–H groups in total. The first-order chi connectivity index (χ1) is 8.10. The van der Waals surface area contributed by atoms with Crippen molar-refractivity contribution in [3.8, 4) is 6.07 Å². The van der Waals surface area contributed by atoms with Crippen molar-refractivity contribution >= 4 is 5.91 Å². The summed E-state index contributed by atoms with van der Waals surface area (Å²) in [5, 5.41) is 8.88. The second kappa shape index (κ2) is 5.05. The minimum absolute atomic E-state index is 0.0818. The van der Waals surface area contributed by atoms with Crippen LogP contribution in [0.4, 0.5) is 0 Å². The highest BCUT2D eigenvalue weighted by Crippen LogP contribution is 2.24. The summed E-state index contributed by atoms with van der Waals surface area (Å²) >= 11 is 0. The lowest BCUT2D eigenvalue weighted by Gasteiger charge is -2.25. The maximum absolute atomic E-state index is 11.8. The number of nitriles is 1. The van der Waals surface area contributed by atoms with E-state index in [0.717, 1.165) is 26.1 Å². The number of hydrogen-bond donors (Lipinski definition) is 0. The van der Waals surface area contributed by atoms with Gasteiger partial charge >= 0.3 is 0 Å². The van der Waals surface area contributed by atoms with Crippen LogP contribution in [0.3, 0.4) is 0 Å². The molecule has 2 atom stereocenters. The Morgan fingerprint density at radius 3 is 2.82 bits per heavy atom. The number of carbonyl (C=O) groups is 1. The van der Waals surface area contributed by atoms with E-state index in [1.165, 1.54) is 0 Å². The molecule has 0 aromatic rings. The summed E-state index contributed by atoms with van der Waals surface area (Å²) in [6.07, 6.45) is 1.49. The molecule has 0 spiro atoms. The molecular formula is C13H21N3O. The molecule has 94 valence electrons. The number of hydrogen-bond acceptors (Lipinski definition) is 3. The first-order valence-electron chi connectivity index (χ1n) is 6.51. The van der Waals surface area contributed by atoms with Gasteiger partial charge in [0.05, 0.1) is 12.0 Å². The molecule has 0 radical (unpaired) electrons. The second-order valence-electron chi connectivity index (χ2n) is 5.67. The molecule has 1 amide bonds. The van der Waals surface area contributed by atoms with Gasteiger partial charge in [-0.25, -0.2) is 0 Å². The molecule has 0 aromatic heterocycles. The molecular weight excluding hydrogens is 214 g/mol. The Morgan fingerprint density at radius 2 is 2.24 bits per heavy atom. The Hall–Kier alpha value is -1.08. The number of nitrogens with zero attached hydrogens (tertiary/aromatic N) is 3. The van der Waals surface area contributed by atoms with Crippen LogP contribution in [-0.2, 0) is 4.79 Å². The summed E-state index contributed by atoms with van der Waals surface area (Å²) in [6, 6.07) is 2.56. The van der Waals surface area contributed by atoms with Gasteiger partial charge in [-0.3, -0.25) is 4.79 Å². The molecule has 17 heavy (non-hydrogen) atoms. The Morgan fingerprint density at radius 1 is 1.47 bits per heavy atom. The van der Waals surface area contributed by atoms with Crippen molar-refractivity contribution in [2.75, 3.05) is 26.2 Å². The van der Waals surface area contributed by atoms with Gasteiger partial charge in [0.15, 0.2) is 0 Å². The highest BCUT2D eigenvalue weighted by atomic mass is 16.2. The first-order valence-corrected chi connectivity index (χ1v) is 6.51. The van der Waals surface area contributed by atoms with Crippen LogP contribution in [0.1, 0.15) is 26.7 Å². The standard InChI is InChI=1S/C13H21N3O/c1-10(2)7-15-4-3-12(9-15)16-8-11(6-14)5-13(16)17/h10-12H,3-5,7-9H2,1-2H3. The molecule has 0 bridgehead atoms. The summed E-state index contributed by atoms with van der Waals surface area (Å²) in [5.74, 6) is 0.768. The minimum atomic E-state index is -0.0818. The van der Waals surface area contributed by atoms with Crippen molar-refractivity contribution in [1.29, 1.82) is 5.26 Å². The molecule has 4 nitrogen and oxygen atoms in total. The third-order valence-electron chi connectivity index (χ3n) is 3.65. The highest BCUT2D eigenvalue weighted by Gasteiger charge is 2.37. The van der Waals surface area contributed by atoms with E-state index in [2.05, 4.69) is 24.8 Å². The Balaban J connectivity index is 1.89. The minimum Gasteiger partial charge on any atom is -0.337 e. The van der Waals surface area contributed by atoms with E-state index in [1.54, 1.807) is 0 Å². The normalized spacial score (nSPS) is 30.2. The van der Waals surface area contributed by atoms with Crippen molar-refractivity contribution in [2.45, 2.75) is 32.7 Å². The van der Waals surface area contributed by atoms with Gasteiger partial charge < -0.3 is 9.80 Å². The van der Waals surface area contributed by atoms with Crippen LogP contribution in [0.5, 0.6) is 0 Å². The van der Waals surface area contributed by atoms with Crippen molar-refractivity contribution in [3.63, 3.8) is 0 Å². The summed E-state index contributed by atoms with van der Waals surface area (Å²) in [5.41, 5.74) is 0. The lowest BCUT2D eigenvalue weighted by Crippen LogP contribution is -2.39. The largest absolute Gasteiger partial charge is 0.337 e. The molecule has 2 aliphatic heterocycles. The zero-order chi connectivity index (χ0) is 12.4. The van der Waals surface area contributed by atoms with Crippen molar-refractivity contribution < 1.29 is 4.79 Å². The quantitative estimate of drug-likeness (QED) is 0.735. The maximum atomic E-state index is 11.8. The molecule has 0 aromatic carbocycles. The van der Waals surface area contributed by atoms with E-state index in [4.69, 9.17) is 5.26 Å². The first kappa shape index (κ1) is 12.4. The van der Waals surface area contributed by atoms with Gasteiger partial charge in [-0.1, -0.05) is 13.8 Å². The number of likely N-dealkylation sites (tertiary alicyclic amines) is 2. The highest BCUT2D eigenvalue weighted by molar-refractivity contribution is 5.79. The monoisotopic (exact) mass is 235 g/mol. The fourth-order valence-electron chi connectivity index (χ4n) is 2.92. The van der Waals surface area contributed by atoms with E-state index in [9.17, 15) is 4.79 Å².